The molecule has 0 heterocycles. The lowest BCUT2D eigenvalue weighted by Gasteiger charge is -2.19. The van der Waals surface area contributed by atoms with Crippen LogP contribution in [0.3, 0.4) is 0 Å². The number of hydrogen-bond donors (Lipinski definition) is 3. The SMILES string of the molecule is CC(C)(C)OC(=O)NC(=O)CCC(N)C(=O)O. The van der Waals surface area contributed by atoms with E-state index in [0.29, 0.717) is 0 Å². The summed E-state index contributed by atoms with van der Waals surface area (Å²) in [5.74, 6) is -1.80. The molecule has 0 rings (SSSR count). The van der Waals surface area contributed by atoms with Crippen LogP contribution in [0.2, 0.25) is 0 Å². The van der Waals surface area contributed by atoms with Gasteiger partial charge in [0.2, 0.25) is 5.91 Å². The number of ether oxygens (including phenoxy) is 1. The molecule has 0 saturated carbocycles. The lowest BCUT2D eigenvalue weighted by atomic mass is 10.1. The van der Waals surface area contributed by atoms with Gasteiger partial charge in [0.1, 0.15) is 11.6 Å². The summed E-state index contributed by atoms with van der Waals surface area (Å²) in [6, 6.07) is -1.11. The molecule has 0 spiro atoms. The Morgan fingerprint density at radius 2 is 1.88 bits per heavy atom. The van der Waals surface area contributed by atoms with Crippen LogP contribution < -0.4 is 11.1 Å². The zero-order valence-corrected chi connectivity index (χ0v) is 10.1. The minimum absolute atomic E-state index is 0.0377. The zero-order valence-electron chi connectivity index (χ0n) is 10.1. The third-order valence-electron chi connectivity index (χ3n) is 1.64. The molecule has 0 aliphatic heterocycles. The molecule has 2 amide bonds. The minimum Gasteiger partial charge on any atom is -0.480 e. The van der Waals surface area contributed by atoms with E-state index in [1.165, 1.54) is 0 Å². The van der Waals surface area contributed by atoms with Crippen molar-refractivity contribution in [3.8, 4) is 0 Å². The van der Waals surface area contributed by atoms with Crippen molar-refractivity contribution in [3.63, 3.8) is 0 Å². The Balaban J connectivity index is 3.95. The number of aliphatic carboxylic acids is 1. The van der Waals surface area contributed by atoms with Gasteiger partial charge in [-0.2, -0.15) is 0 Å². The number of rotatable bonds is 4. The second-order valence-electron chi connectivity index (χ2n) is 4.53. The second kappa shape index (κ2) is 6.19. The first-order valence-corrected chi connectivity index (χ1v) is 5.13. The van der Waals surface area contributed by atoms with Gasteiger partial charge in [-0.15, -0.1) is 0 Å². The fourth-order valence-electron chi connectivity index (χ4n) is 0.890. The first-order valence-electron chi connectivity index (χ1n) is 5.13. The smallest absolute Gasteiger partial charge is 0.414 e. The summed E-state index contributed by atoms with van der Waals surface area (Å²) in [6.07, 6.45) is -1.04. The fourth-order valence-corrected chi connectivity index (χ4v) is 0.890. The van der Waals surface area contributed by atoms with E-state index < -0.39 is 29.6 Å². The molecule has 0 aliphatic carbocycles. The number of carboxylic acids is 1. The number of hydrogen-bond acceptors (Lipinski definition) is 5. The van der Waals surface area contributed by atoms with Crippen LogP contribution in [-0.4, -0.2) is 34.7 Å². The Kier molecular flexibility index (Phi) is 5.60. The topological polar surface area (TPSA) is 119 Å². The maximum Gasteiger partial charge on any atom is 0.414 e. The summed E-state index contributed by atoms with van der Waals surface area (Å²) in [7, 11) is 0. The van der Waals surface area contributed by atoms with Gasteiger partial charge in [-0.3, -0.25) is 14.9 Å². The normalized spacial score (nSPS) is 12.7. The lowest BCUT2D eigenvalue weighted by Crippen LogP contribution is -2.37. The highest BCUT2D eigenvalue weighted by Crippen LogP contribution is 2.06. The van der Waals surface area contributed by atoms with Gasteiger partial charge in [0.25, 0.3) is 0 Å². The predicted molar refractivity (Wildman–Crippen MR) is 59.2 cm³/mol. The van der Waals surface area contributed by atoms with E-state index in [1.54, 1.807) is 20.8 Å². The maximum absolute atomic E-state index is 11.2. The minimum atomic E-state index is -1.19. The maximum atomic E-state index is 11.2. The van der Waals surface area contributed by atoms with Crippen molar-refractivity contribution >= 4 is 18.0 Å². The summed E-state index contributed by atoms with van der Waals surface area (Å²) in [5.41, 5.74) is 4.51. The first-order chi connectivity index (χ1) is 7.61. The van der Waals surface area contributed by atoms with E-state index in [0.717, 1.165) is 0 Å². The highest BCUT2D eigenvalue weighted by atomic mass is 16.6. The Bertz CT molecular complexity index is 308. The van der Waals surface area contributed by atoms with Crippen molar-refractivity contribution in [2.75, 3.05) is 0 Å². The van der Waals surface area contributed by atoms with Crippen LogP contribution in [0.15, 0.2) is 0 Å². The van der Waals surface area contributed by atoms with Gasteiger partial charge in [-0.05, 0) is 27.2 Å². The van der Waals surface area contributed by atoms with E-state index >= 15 is 0 Å². The van der Waals surface area contributed by atoms with Crippen molar-refractivity contribution < 1.29 is 24.2 Å². The molecule has 7 heteroatoms. The molecule has 0 saturated heterocycles. The summed E-state index contributed by atoms with van der Waals surface area (Å²) >= 11 is 0. The van der Waals surface area contributed by atoms with Crippen LogP contribution in [0.5, 0.6) is 0 Å². The van der Waals surface area contributed by atoms with E-state index in [4.69, 9.17) is 15.6 Å². The molecule has 0 bridgehead atoms. The quantitative estimate of drug-likeness (QED) is 0.653. The average molecular weight is 246 g/mol. The van der Waals surface area contributed by atoms with Crippen LogP contribution in [-0.2, 0) is 14.3 Å². The average Bonchev–Trinajstić information content (AvgIpc) is 2.10. The molecule has 17 heavy (non-hydrogen) atoms. The fraction of sp³-hybridized carbons (Fsp3) is 0.700. The number of imide groups is 1. The molecule has 0 aromatic carbocycles. The molecule has 7 nitrogen and oxygen atoms in total. The predicted octanol–water partition coefficient (Wildman–Crippen LogP) is 0.230. The van der Waals surface area contributed by atoms with Gasteiger partial charge in [-0.25, -0.2) is 4.79 Å². The molecule has 0 fully saturated rings. The number of carbonyl (C=O) groups excluding carboxylic acids is 2. The third-order valence-corrected chi connectivity index (χ3v) is 1.64. The van der Waals surface area contributed by atoms with Crippen molar-refractivity contribution in [3.05, 3.63) is 0 Å². The first kappa shape index (κ1) is 15.4. The van der Waals surface area contributed by atoms with Crippen LogP contribution >= 0.6 is 0 Å². The molecule has 4 N–H and O–H groups in total. The summed E-state index contributed by atoms with van der Waals surface area (Å²) in [6.45, 7) is 4.99. The Morgan fingerprint density at radius 3 is 2.29 bits per heavy atom. The number of carbonyl (C=O) groups is 3. The number of nitrogens with two attached hydrogens (primary N) is 1. The van der Waals surface area contributed by atoms with Crippen molar-refractivity contribution in [2.24, 2.45) is 5.73 Å². The largest absolute Gasteiger partial charge is 0.480 e. The van der Waals surface area contributed by atoms with Crippen molar-refractivity contribution in [1.82, 2.24) is 5.32 Å². The standard InChI is InChI=1S/C10H18N2O5/c1-10(2,3)17-9(16)12-7(13)5-4-6(11)8(14)15/h6H,4-5,11H2,1-3H3,(H,14,15)(H,12,13,16). The lowest BCUT2D eigenvalue weighted by molar-refractivity contribution is -0.138. The Morgan fingerprint density at radius 1 is 1.35 bits per heavy atom. The molecular formula is C10H18N2O5. The number of amides is 2. The van der Waals surface area contributed by atoms with E-state index in [1.807, 2.05) is 5.32 Å². The van der Waals surface area contributed by atoms with E-state index in [9.17, 15) is 14.4 Å². The molecule has 0 aromatic heterocycles. The van der Waals surface area contributed by atoms with Gasteiger partial charge in [0.15, 0.2) is 0 Å². The summed E-state index contributed by atoms with van der Waals surface area (Å²) < 4.78 is 4.84. The Hall–Kier alpha value is -1.63. The number of carboxylic acid groups (broad SMARTS) is 1. The molecule has 0 aliphatic rings. The third kappa shape index (κ3) is 8.21. The van der Waals surface area contributed by atoms with Crippen LogP contribution in [0.4, 0.5) is 4.79 Å². The van der Waals surface area contributed by atoms with Gasteiger partial charge >= 0.3 is 12.1 Å². The molecule has 0 radical (unpaired) electrons. The van der Waals surface area contributed by atoms with E-state index in [2.05, 4.69) is 0 Å². The second-order valence-corrected chi connectivity index (χ2v) is 4.53. The van der Waals surface area contributed by atoms with Crippen LogP contribution in [0.1, 0.15) is 33.6 Å². The molecule has 98 valence electrons. The summed E-state index contributed by atoms with van der Waals surface area (Å²) in [5, 5.41) is 10.5. The Labute approximate surface area is 99.3 Å². The van der Waals surface area contributed by atoms with Gasteiger partial charge in [0, 0.05) is 6.42 Å². The van der Waals surface area contributed by atoms with Crippen LogP contribution in [0.25, 0.3) is 0 Å². The van der Waals surface area contributed by atoms with Gasteiger partial charge in [-0.1, -0.05) is 0 Å². The number of alkyl carbamates (subject to hydrolysis) is 1. The van der Waals surface area contributed by atoms with Crippen molar-refractivity contribution in [1.29, 1.82) is 0 Å². The van der Waals surface area contributed by atoms with Crippen LogP contribution in [0, 0.1) is 0 Å². The van der Waals surface area contributed by atoms with Gasteiger partial charge < -0.3 is 15.6 Å². The monoisotopic (exact) mass is 246 g/mol. The van der Waals surface area contributed by atoms with Gasteiger partial charge in [0.05, 0.1) is 0 Å². The van der Waals surface area contributed by atoms with Crippen molar-refractivity contribution in [2.45, 2.75) is 45.3 Å². The molecule has 1 atom stereocenters. The number of nitrogens with one attached hydrogen (secondary N) is 1. The molecular weight excluding hydrogens is 228 g/mol. The molecule has 0 aromatic rings. The zero-order chi connectivity index (χ0) is 13.6. The molecule has 1 unspecified atom stereocenters. The highest BCUT2D eigenvalue weighted by molar-refractivity contribution is 5.92. The van der Waals surface area contributed by atoms with E-state index in [-0.39, 0.29) is 12.8 Å². The highest BCUT2D eigenvalue weighted by Gasteiger charge is 2.19. The summed E-state index contributed by atoms with van der Waals surface area (Å²) in [4.78, 5) is 32.7.